The van der Waals surface area contributed by atoms with E-state index in [1.807, 2.05) is 30.0 Å². The molecule has 0 saturated carbocycles. The molecule has 4 rings (SSSR count). The molecule has 0 saturated heterocycles. The summed E-state index contributed by atoms with van der Waals surface area (Å²) in [4.78, 5) is 17.6. The molecular formula is C33H41FN2O4. The summed E-state index contributed by atoms with van der Waals surface area (Å²) in [5.41, 5.74) is 2.31. The zero-order valence-electron chi connectivity index (χ0n) is 23.5. The maximum absolute atomic E-state index is 13.8. The molecule has 0 unspecified atom stereocenters. The van der Waals surface area contributed by atoms with Gasteiger partial charge < -0.3 is 19.1 Å². The summed E-state index contributed by atoms with van der Waals surface area (Å²) < 4.78 is 31.6. The van der Waals surface area contributed by atoms with Crippen LogP contribution in [0, 0.1) is 5.82 Å². The Kier molecular flexibility index (Phi) is 11.7. The number of rotatable bonds is 9. The van der Waals surface area contributed by atoms with Crippen LogP contribution in [0.5, 0.6) is 17.2 Å². The lowest BCUT2D eigenvalue weighted by atomic mass is 10.1. The first-order valence-electron chi connectivity index (χ1n) is 14.4. The zero-order valence-corrected chi connectivity index (χ0v) is 23.5. The monoisotopic (exact) mass is 548 g/mol. The van der Waals surface area contributed by atoms with Gasteiger partial charge in [0, 0.05) is 44.7 Å². The molecule has 0 aromatic heterocycles. The maximum Gasteiger partial charge on any atom is 0.222 e. The van der Waals surface area contributed by atoms with E-state index >= 15 is 0 Å². The molecule has 0 radical (unpaired) electrons. The van der Waals surface area contributed by atoms with E-state index in [1.165, 1.54) is 11.6 Å². The van der Waals surface area contributed by atoms with Gasteiger partial charge in [0.05, 0.1) is 19.8 Å². The van der Waals surface area contributed by atoms with Gasteiger partial charge in [-0.1, -0.05) is 54.6 Å². The van der Waals surface area contributed by atoms with Gasteiger partial charge in [0.15, 0.2) is 23.1 Å². The molecule has 3 aromatic rings. The third-order valence-electron chi connectivity index (χ3n) is 6.99. The molecule has 1 heterocycles. The largest absolute Gasteiger partial charge is 0.491 e. The fraction of sp³-hybridized carbons (Fsp3) is 0.424. The standard InChI is InChI=1S/C33H41FN2O4/c1-2-38-31-18-11-15-28-26-35(25-27-13-5-3-6-14-27)21-22-36(20-9-4-10-23-40-33(28)31)32(37)19-12-24-39-30-17-8-7-16-29(30)34/h3,5-8,11,13-18H,2,4,9-10,12,19-26H2,1H3. The average Bonchev–Trinajstić information content (AvgIpc) is 2.98. The van der Waals surface area contributed by atoms with Gasteiger partial charge in [0.25, 0.3) is 0 Å². The molecule has 1 aliphatic rings. The lowest BCUT2D eigenvalue weighted by Crippen LogP contribution is -2.39. The number of para-hydroxylation sites is 2. The van der Waals surface area contributed by atoms with Crippen molar-refractivity contribution >= 4 is 5.91 Å². The number of carbonyl (C=O) groups excluding carboxylic acids is 1. The minimum Gasteiger partial charge on any atom is -0.491 e. The van der Waals surface area contributed by atoms with E-state index in [0.29, 0.717) is 52.3 Å². The smallest absolute Gasteiger partial charge is 0.222 e. The van der Waals surface area contributed by atoms with Crippen LogP contribution in [0.1, 0.15) is 50.2 Å². The van der Waals surface area contributed by atoms with Gasteiger partial charge in [-0.05, 0) is 56.4 Å². The Balaban J connectivity index is 1.44. The number of nitrogens with zero attached hydrogens (tertiary/aromatic N) is 2. The van der Waals surface area contributed by atoms with Crippen LogP contribution in [0.25, 0.3) is 0 Å². The molecule has 0 atom stereocenters. The number of hydrogen-bond donors (Lipinski definition) is 0. The van der Waals surface area contributed by atoms with Gasteiger partial charge in [-0.15, -0.1) is 0 Å². The van der Waals surface area contributed by atoms with Crippen LogP contribution in [0.15, 0.2) is 72.8 Å². The average molecular weight is 549 g/mol. The Bertz CT molecular complexity index is 1190. The highest BCUT2D eigenvalue weighted by Gasteiger charge is 2.19. The van der Waals surface area contributed by atoms with Crippen molar-refractivity contribution in [3.63, 3.8) is 0 Å². The summed E-state index contributed by atoms with van der Waals surface area (Å²) in [6.07, 6.45) is 3.71. The molecule has 0 N–H and O–H groups in total. The van der Waals surface area contributed by atoms with E-state index in [4.69, 9.17) is 14.2 Å². The first kappa shape index (κ1) is 29.4. The van der Waals surface area contributed by atoms with Crippen LogP contribution in [-0.4, -0.2) is 55.2 Å². The van der Waals surface area contributed by atoms with Crippen molar-refractivity contribution in [2.45, 2.75) is 52.1 Å². The number of carbonyl (C=O) groups is 1. The van der Waals surface area contributed by atoms with Gasteiger partial charge in [0.1, 0.15) is 0 Å². The Morgan fingerprint density at radius 1 is 0.875 bits per heavy atom. The summed E-state index contributed by atoms with van der Waals surface area (Å²) >= 11 is 0. The second kappa shape index (κ2) is 15.9. The van der Waals surface area contributed by atoms with Crippen LogP contribution in [0.2, 0.25) is 0 Å². The molecule has 0 aliphatic carbocycles. The van der Waals surface area contributed by atoms with E-state index in [-0.39, 0.29) is 17.5 Å². The van der Waals surface area contributed by atoms with E-state index in [2.05, 4.69) is 35.2 Å². The number of benzene rings is 3. The fourth-order valence-electron chi connectivity index (χ4n) is 4.92. The highest BCUT2D eigenvalue weighted by Crippen LogP contribution is 2.33. The molecule has 214 valence electrons. The van der Waals surface area contributed by atoms with Gasteiger partial charge in [-0.2, -0.15) is 0 Å². The Labute approximate surface area is 237 Å². The predicted molar refractivity (Wildman–Crippen MR) is 155 cm³/mol. The summed E-state index contributed by atoms with van der Waals surface area (Å²) in [7, 11) is 0. The molecule has 3 aromatic carbocycles. The molecule has 7 heteroatoms. The quantitative estimate of drug-likeness (QED) is 0.287. The summed E-state index contributed by atoms with van der Waals surface area (Å²) in [5, 5.41) is 0. The molecule has 6 nitrogen and oxygen atoms in total. The fourth-order valence-corrected chi connectivity index (χ4v) is 4.92. The SMILES string of the molecule is CCOc1cccc2c1OCCCCCN(C(=O)CCCOc1ccccc1F)CCN(Cc1ccccc1)C2. The van der Waals surface area contributed by atoms with Gasteiger partial charge >= 0.3 is 0 Å². The second-order valence-corrected chi connectivity index (χ2v) is 10.0. The third-order valence-corrected chi connectivity index (χ3v) is 6.99. The van der Waals surface area contributed by atoms with Crippen molar-refractivity contribution < 1.29 is 23.4 Å². The molecule has 0 bridgehead atoms. The van der Waals surface area contributed by atoms with Gasteiger partial charge in [0.2, 0.25) is 5.91 Å². The highest BCUT2D eigenvalue weighted by atomic mass is 19.1. The number of amides is 1. The lowest BCUT2D eigenvalue weighted by Gasteiger charge is -2.28. The van der Waals surface area contributed by atoms with Gasteiger partial charge in [-0.25, -0.2) is 4.39 Å². The van der Waals surface area contributed by atoms with Crippen LogP contribution in [0.3, 0.4) is 0 Å². The Hall–Kier alpha value is -3.58. The lowest BCUT2D eigenvalue weighted by molar-refractivity contribution is -0.131. The summed E-state index contributed by atoms with van der Waals surface area (Å²) in [5.74, 6) is 1.56. The topological polar surface area (TPSA) is 51.2 Å². The molecule has 0 spiro atoms. The van der Waals surface area contributed by atoms with Gasteiger partial charge in [-0.3, -0.25) is 9.69 Å². The van der Waals surface area contributed by atoms with Crippen molar-refractivity contribution in [1.82, 2.24) is 9.80 Å². The van der Waals surface area contributed by atoms with Crippen molar-refractivity contribution in [3.8, 4) is 17.2 Å². The normalized spacial score (nSPS) is 15.1. The number of halogens is 1. The van der Waals surface area contributed by atoms with E-state index < -0.39 is 0 Å². The molecule has 1 aliphatic heterocycles. The molecular weight excluding hydrogens is 507 g/mol. The second-order valence-electron chi connectivity index (χ2n) is 10.0. The third kappa shape index (κ3) is 8.98. The van der Waals surface area contributed by atoms with E-state index in [0.717, 1.165) is 49.4 Å². The minimum absolute atomic E-state index is 0.113. The van der Waals surface area contributed by atoms with Crippen molar-refractivity contribution in [2.24, 2.45) is 0 Å². The minimum atomic E-state index is -0.384. The zero-order chi connectivity index (χ0) is 28.0. The Morgan fingerprint density at radius 2 is 1.68 bits per heavy atom. The number of hydrogen-bond acceptors (Lipinski definition) is 5. The first-order valence-corrected chi connectivity index (χ1v) is 14.4. The van der Waals surface area contributed by atoms with E-state index in [9.17, 15) is 9.18 Å². The van der Waals surface area contributed by atoms with Crippen molar-refractivity contribution in [1.29, 1.82) is 0 Å². The first-order chi connectivity index (χ1) is 19.6. The maximum atomic E-state index is 13.8. The van der Waals surface area contributed by atoms with E-state index in [1.54, 1.807) is 18.2 Å². The summed E-state index contributed by atoms with van der Waals surface area (Å²) in [6, 6.07) is 22.9. The van der Waals surface area contributed by atoms with Crippen molar-refractivity contribution in [3.05, 3.63) is 89.7 Å². The number of ether oxygens (including phenoxy) is 3. The highest BCUT2D eigenvalue weighted by molar-refractivity contribution is 5.76. The Morgan fingerprint density at radius 3 is 2.50 bits per heavy atom. The predicted octanol–water partition coefficient (Wildman–Crippen LogP) is 6.48. The van der Waals surface area contributed by atoms with Crippen LogP contribution < -0.4 is 14.2 Å². The van der Waals surface area contributed by atoms with Crippen molar-refractivity contribution in [2.75, 3.05) is 39.5 Å². The van der Waals surface area contributed by atoms with Crippen LogP contribution >= 0.6 is 0 Å². The van der Waals surface area contributed by atoms with Crippen LogP contribution in [0.4, 0.5) is 4.39 Å². The molecule has 0 fully saturated rings. The summed E-state index contributed by atoms with van der Waals surface area (Å²) in [6.45, 7) is 7.00. The number of fused-ring (bicyclic) bond motifs is 1. The van der Waals surface area contributed by atoms with Crippen LogP contribution in [-0.2, 0) is 17.9 Å². The molecule has 40 heavy (non-hydrogen) atoms. The molecule has 1 amide bonds.